The van der Waals surface area contributed by atoms with Gasteiger partial charge in [0.15, 0.2) is 5.78 Å². The van der Waals surface area contributed by atoms with Crippen LogP contribution in [0.5, 0.6) is 5.75 Å². The highest BCUT2D eigenvalue weighted by atomic mass is 35.5. The largest absolute Gasteiger partial charge is 0.495 e. The molecular formula is C29H29ClN6O4. The van der Waals surface area contributed by atoms with Crippen molar-refractivity contribution in [2.75, 3.05) is 13.7 Å². The predicted octanol–water partition coefficient (Wildman–Crippen LogP) is 3.52. The third kappa shape index (κ3) is 5.76. The fourth-order valence-electron chi connectivity index (χ4n) is 4.93. The van der Waals surface area contributed by atoms with Crippen molar-refractivity contribution in [1.29, 1.82) is 5.26 Å². The van der Waals surface area contributed by atoms with E-state index in [1.807, 2.05) is 6.92 Å². The number of carbonyl (C=O) groups is 2. The van der Waals surface area contributed by atoms with Gasteiger partial charge >= 0.3 is 0 Å². The number of nitrogens with zero attached hydrogens (tertiary/aromatic N) is 4. The molecule has 1 aromatic carbocycles. The van der Waals surface area contributed by atoms with Crippen LogP contribution >= 0.6 is 11.6 Å². The monoisotopic (exact) mass is 560 g/mol. The molecule has 2 atom stereocenters. The van der Waals surface area contributed by atoms with E-state index >= 15 is 0 Å². The molecule has 0 saturated heterocycles. The van der Waals surface area contributed by atoms with Gasteiger partial charge in [0.1, 0.15) is 5.75 Å². The van der Waals surface area contributed by atoms with Gasteiger partial charge < -0.3 is 20.8 Å². The van der Waals surface area contributed by atoms with Gasteiger partial charge in [-0.2, -0.15) is 10.4 Å². The van der Waals surface area contributed by atoms with Crippen LogP contribution in [0.1, 0.15) is 47.3 Å². The maximum atomic E-state index is 13.9. The zero-order valence-corrected chi connectivity index (χ0v) is 22.9. The summed E-state index contributed by atoms with van der Waals surface area (Å²) < 4.78 is 8.51. The van der Waals surface area contributed by atoms with E-state index in [4.69, 9.17) is 27.8 Å². The second-order valence-corrected chi connectivity index (χ2v) is 10.0. The third-order valence-corrected chi connectivity index (χ3v) is 7.15. The van der Waals surface area contributed by atoms with Crippen molar-refractivity contribution in [2.45, 2.75) is 32.2 Å². The molecular weight excluding hydrogens is 532 g/mol. The molecule has 3 heterocycles. The predicted molar refractivity (Wildman–Crippen MR) is 151 cm³/mol. The molecule has 4 rings (SSSR count). The first-order valence-corrected chi connectivity index (χ1v) is 13.0. The van der Waals surface area contributed by atoms with E-state index in [0.29, 0.717) is 57.9 Å². The summed E-state index contributed by atoms with van der Waals surface area (Å²) >= 11 is 6.19. The number of amides is 1. The molecule has 2 unspecified atom stereocenters. The number of benzene rings is 1. The first-order valence-electron chi connectivity index (χ1n) is 12.7. The van der Waals surface area contributed by atoms with Crippen molar-refractivity contribution in [3.8, 4) is 22.9 Å². The number of ether oxygens (including phenoxy) is 1. The number of aromatic nitrogens is 3. The number of pyridine rings is 2. The number of ketones is 1. The Morgan fingerprint density at radius 2 is 1.98 bits per heavy atom. The normalized spacial score (nSPS) is 12.6. The summed E-state index contributed by atoms with van der Waals surface area (Å²) in [5, 5.41) is 14.1. The number of halogens is 1. The smallest absolute Gasteiger partial charge is 0.252 e. The lowest BCUT2D eigenvalue weighted by atomic mass is 9.90. The SMILES string of the molecule is COc1cn(C(C(=O)Cc2ccn3ncc(C(N)=O)c3c2)C(C)CCCN)c(=O)cc1-c1cc(Cl)ccc1C#N. The minimum atomic E-state index is -0.825. The third-order valence-electron chi connectivity index (χ3n) is 6.92. The molecule has 0 saturated carbocycles. The quantitative estimate of drug-likeness (QED) is 0.284. The van der Waals surface area contributed by atoms with Crippen molar-refractivity contribution in [3.05, 3.63) is 87.1 Å². The summed E-state index contributed by atoms with van der Waals surface area (Å²) in [6.45, 7) is 2.35. The van der Waals surface area contributed by atoms with Crippen LogP contribution in [0, 0.1) is 17.2 Å². The van der Waals surface area contributed by atoms with Crippen LogP contribution in [0.4, 0.5) is 0 Å². The summed E-state index contributed by atoms with van der Waals surface area (Å²) in [7, 11) is 1.45. The van der Waals surface area contributed by atoms with Gasteiger partial charge in [-0.3, -0.25) is 14.4 Å². The topological polar surface area (TPSA) is 158 Å². The highest BCUT2D eigenvalue weighted by molar-refractivity contribution is 6.31. The molecule has 4 N–H and O–H groups in total. The molecule has 1 amide bonds. The molecule has 0 aliphatic heterocycles. The number of hydrogen-bond donors (Lipinski definition) is 2. The lowest BCUT2D eigenvalue weighted by molar-refractivity contribution is -0.123. The summed E-state index contributed by atoms with van der Waals surface area (Å²) in [4.78, 5) is 39.2. The number of Topliss-reactive ketones (excluding diaryl/α,β-unsaturated/α-hetero) is 1. The van der Waals surface area contributed by atoms with Crippen LogP contribution in [0.2, 0.25) is 5.02 Å². The van der Waals surface area contributed by atoms with E-state index < -0.39 is 17.5 Å². The highest BCUT2D eigenvalue weighted by Crippen LogP contribution is 2.34. The highest BCUT2D eigenvalue weighted by Gasteiger charge is 2.29. The second-order valence-electron chi connectivity index (χ2n) is 9.59. The maximum Gasteiger partial charge on any atom is 0.252 e. The summed E-state index contributed by atoms with van der Waals surface area (Å²) in [5.74, 6) is -0.741. The molecule has 40 heavy (non-hydrogen) atoms. The Morgan fingerprint density at radius 3 is 2.65 bits per heavy atom. The lowest BCUT2D eigenvalue weighted by Crippen LogP contribution is -2.35. The number of methoxy groups -OCH3 is 1. The van der Waals surface area contributed by atoms with Crippen LogP contribution in [0.15, 0.2) is 59.8 Å². The zero-order valence-electron chi connectivity index (χ0n) is 22.1. The molecule has 206 valence electrons. The summed E-state index contributed by atoms with van der Waals surface area (Å²) in [6, 6.07) is 10.8. The van der Waals surface area contributed by atoms with Crippen molar-refractivity contribution in [1.82, 2.24) is 14.2 Å². The van der Waals surface area contributed by atoms with Crippen molar-refractivity contribution < 1.29 is 14.3 Å². The van der Waals surface area contributed by atoms with Crippen molar-refractivity contribution in [3.63, 3.8) is 0 Å². The van der Waals surface area contributed by atoms with Gasteiger partial charge in [-0.05, 0) is 61.2 Å². The van der Waals surface area contributed by atoms with Gasteiger partial charge in [-0.1, -0.05) is 18.5 Å². The number of nitrogens with two attached hydrogens (primary N) is 2. The number of carbonyl (C=O) groups excluding carboxylic acids is 2. The van der Waals surface area contributed by atoms with Gasteiger partial charge in [0.2, 0.25) is 0 Å². The van der Waals surface area contributed by atoms with E-state index in [1.54, 1.807) is 36.5 Å². The Kier molecular flexibility index (Phi) is 8.67. The molecule has 11 heteroatoms. The molecule has 4 aromatic rings. The number of primary amides is 1. The Bertz CT molecular complexity index is 1690. The fourth-order valence-corrected chi connectivity index (χ4v) is 5.10. The zero-order chi connectivity index (χ0) is 29.0. The first kappa shape index (κ1) is 28.5. The lowest BCUT2D eigenvalue weighted by Gasteiger charge is -2.26. The minimum absolute atomic E-state index is 0.000887. The molecule has 0 bridgehead atoms. The number of nitriles is 1. The molecule has 0 aliphatic carbocycles. The summed E-state index contributed by atoms with van der Waals surface area (Å²) in [6.07, 6.45) is 5.83. The van der Waals surface area contributed by atoms with Crippen LogP contribution in [0.3, 0.4) is 0 Å². The van der Waals surface area contributed by atoms with E-state index in [1.165, 1.54) is 34.7 Å². The van der Waals surface area contributed by atoms with Gasteiger partial charge in [-0.15, -0.1) is 0 Å². The van der Waals surface area contributed by atoms with E-state index in [-0.39, 0.29) is 23.7 Å². The average molecular weight is 561 g/mol. The standard InChI is InChI=1S/C29H29ClN6O4/c1-17(4-3-8-31)28(25(37)11-18-7-9-36-24(10-18)23(15-34-36)29(33)39)35-16-26(40-2)22(13-27(35)38)21-12-20(30)6-5-19(21)14-32/h5-7,9-10,12-13,15-17,28H,3-4,8,11,31H2,1-2H3,(H2,33,39). The molecule has 0 fully saturated rings. The Balaban J connectivity index is 1.78. The number of hydrogen-bond acceptors (Lipinski definition) is 7. The van der Waals surface area contributed by atoms with Crippen LogP contribution in [-0.4, -0.2) is 39.5 Å². The number of fused-ring (bicyclic) bond motifs is 1. The van der Waals surface area contributed by atoms with Gasteiger partial charge in [0.25, 0.3) is 11.5 Å². The average Bonchev–Trinajstić information content (AvgIpc) is 3.36. The van der Waals surface area contributed by atoms with E-state index in [9.17, 15) is 19.6 Å². The summed E-state index contributed by atoms with van der Waals surface area (Å²) in [5.41, 5.74) is 13.3. The van der Waals surface area contributed by atoms with Gasteiger partial charge in [0, 0.05) is 34.8 Å². The van der Waals surface area contributed by atoms with Crippen LogP contribution < -0.4 is 21.8 Å². The van der Waals surface area contributed by atoms with Gasteiger partial charge in [-0.25, -0.2) is 4.52 Å². The first-order chi connectivity index (χ1) is 19.2. The number of rotatable bonds is 11. The minimum Gasteiger partial charge on any atom is -0.495 e. The van der Waals surface area contributed by atoms with Crippen molar-refractivity contribution >= 4 is 28.8 Å². The fraction of sp³-hybridized carbons (Fsp3) is 0.276. The van der Waals surface area contributed by atoms with Crippen LogP contribution in [-0.2, 0) is 11.2 Å². The van der Waals surface area contributed by atoms with E-state index in [0.717, 1.165) is 0 Å². The van der Waals surface area contributed by atoms with E-state index in [2.05, 4.69) is 11.2 Å². The molecule has 0 aliphatic rings. The van der Waals surface area contributed by atoms with Gasteiger partial charge in [0.05, 0.1) is 48.3 Å². The Labute approximate surface area is 235 Å². The molecule has 10 nitrogen and oxygen atoms in total. The molecule has 0 radical (unpaired) electrons. The Hall–Kier alpha value is -4.46. The molecule has 3 aromatic heterocycles. The maximum absolute atomic E-state index is 13.9. The van der Waals surface area contributed by atoms with Crippen molar-refractivity contribution in [2.24, 2.45) is 17.4 Å². The second kappa shape index (κ2) is 12.2. The Morgan fingerprint density at radius 1 is 1.20 bits per heavy atom. The molecule has 0 spiro atoms. The van der Waals surface area contributed by atoms with Crippen LogP contribution in [0.25, 0.3) is 16.6 Å².